The SMILES string of the molecule is O=C(CCC(=O)c1ccc(Cl)cc1)OCc1ccccn1. The molecule has 2 aromatic rings. The predicted octanol–water partition coefficient (Wildman–Crippen LogP) is 3.44. The standard InChI is InChI=1S/C16H14ClNO3/c17-13-6-4-12(5-7-13)15(19)8-9-16(20)21-11-14-3-1-2-10-18-14/h1-7,10H,8-9,11H2. The Morgan fingerprint density at radius 2 is 1.81 bits per heavy atom. The van der Waals surface area contributed by atoms with Crippen LogP contribution in [0.1, 0.15) is 28.9 Å². The number of pyridine rings is 1. The van der Waals surface area contributed by atoms with Gasteiger partial charge in [0.1, 0.15) is 6.61 Å². The van der Waals surface area contributed by atoms with Gasteiger partial charge in [-0.3, -0.25) is 14.6 Å². The summed E-state index contributed by atoms with van der Waals surface area (Å²) < 4.78 is 5.06. The van der Waals surface area contributed by atoms with Crippen molar-refractivity contribution in [2.24, 2.45) is 0 Å². The van der Waals surface area contributed by atoms with E-state index >= 15 is 0 Å². The average molecular weight is 304 g/mol. The van der Waals surface area contributed by atoms with Gasteiger partial charge in [0.25, 0.3) is 0 Å². The lowest BCUT2D eigenvalue weighted by atomic mass is 10.1. The normalized spacial score (nSPS) is 10.1. The van der Waals surface area contributed by atoms with Gasteiger partial charge in [0.05, 0.1) is 12.1 Å². The maximum Gasteiger partial charge on any atom is 0.306 e. The van der Waals surface area contributed by atoms with E-state index in [-0.39, 0.29) is 25.2 Å². The number of carbonyl (C=O) groups excluding carboxylic acids is 2. The average Bonchev–Trinajstić information content (AvgIpc) is 2.52. The van der Waals surface area contributed by atoms with Crippen LogP contribution in [-0.2, 0) is 16.1 Å². The molecule has 2 rings (SSSR count). The topological polar surface area (TPSA) is 56.3 Å². The minimum absolute atomic E-state index is 0.0499. The quantitative estimate of drug-likeness (QED) is 0.606. The number of rotatable bonds is 6. The molecule has 0 amide bonds. The molecular weight excluding hydrogens is 290 g/mol. The van der Waals surface area contributed by atoms with E-state index < -0.39 is 5.97 Å². The summed E-state index contributed by atoms with van der Waals surface area (Å²) in [6.07, 6.45) is 1.80. The fourth-order valence-electron chi connectivity index (χ4n) is 1.71. The molecule has 0 atom stereocenters. The predicted molar refractivity (Wildman–Crippen MR) is 79.0 cm³/mol. The monoisotopic (exact) mass is 303 g/mol. The van der Waals surface area contributed by atoms with Gasteiger partial charge in [-0.15, -0.1) is 0 Å². The molecule has 0 N–H and O–H groups in total. The number of aromatic nitrogens is 1. The van der Waals surface area contributed by atoms with Crippen LogP contribution in [0.2, 0.25) is 5.02 Å². The van der Waals surface area contributed by atoms with Crippen LogP contribution in [0.25, 0.3) is 0 Å². The minimum Gasteiger partial charge on any atom is -0.459 e. The third kappa shape index (κ3) is 5.00. The van der Waals surface area contributed by atoms with Crippen LogP contribution in [0.15, 0.2) is 48.7 Å². The summed E-state index contributed by atoms with van der Waals surface area (Å²) >= 11 is 5.75. The van der Waals surface area contributed by atoms with Crippen LogP contribution in [0, 0.1) is 0 Å². The maximum atomic E-state index is 11.9. The van der Waals surface area contributed by atoms with E-state index in [9.17, 15) is 9.59 Å². The van der Waals surface area contributed by atoms with E-state index in [1.165, 1.54) is 0 Å². The van der Waals surface area contributed by atoms with Gasteiger partial charge >= 0.3 is 5.97 Å². The van der Waals surface area contributed by atoms with Crippen LogP contribution in [0.3, 0.4) is 0 Å². The van der Waals surface area contributed by atoms with Crippen molar-refractivity contribution in [3.8, 4) is 0 Å². The Bertz CT molecular complexity index is 611. The van der Waals surface area contributed by atoms with Gasteiger partial charge in [-0.25, -0.2) is 0 Å². The fraction of sp³-hybridized carbons (Fsp3) is 0.188. The summed E-state index contributed by atoms with van der Waals surface area (Å²) in [5.41, 5.74) is 1.21. The molecule has 5 heteroatoms. The number of ether oxygens (including phenoxy) is 1. The Morgan fingerprint density at radius 3 is 2.48 bits per heavy atom. The largest absolute Gasteiger partial charge is 0.459 e. The van der Waals surface area contributed by atoms with Gasteiger partial charge in [0, 0.05) is 23.2 Å². The number of Topliss-reactive ketones (excluding diaryl/α,β-unsaturated/α-hetero) is 1. The number of hydrogen-bond acceptors (Lipinski definition) is 4. The Labute approximate surface area is 127 Å². The van der Waals surface area contributed by atoms with E-state index in [2.05, 4.69) is 4.98 Å². The first-order valence-electron chi connectivity index (χ1n) is 6.49. The molecule has 108 valence electrons. The Hall–Kier alpha value is -2.20. The molecule has 0 saturated heterocycles. The van der Waals surface area contributed by atoms with E-state index in [0.29, 0.717) is 16.3 Å². The number of benzene rings is 1. The number of halogens is 1. The lowest BCUT2D eigenvalue weighted by molar-refractivity contribution is -0.145. The van der Waals surface area contributed by atoms with Crippen molar-refractivity contribution in [3.05, 3.63) is 64.9 Å². The molecule has 0 radical (unpaired) electrons. The zero-order chi connectivity index (χ0) is 15.1. The number of esters is 1. The molecule has 0 bridgehead atoms. The lowest BCUT2D eigenvalue weighted by Gasteiger charge is -2.04. The molecule has 0 fully saturated rings. The van der Waals surface area contributed by atoms with Crippen LogP contribution < -0.4 is 0 Å². The second-order valence-corrected chi connectivity index (χ2v) is 4.85. The zero-order valence-corrected chi connectivity index (χ0v) is 12.0. The van der Waals surface area contributed by atoms with Crippen molar-refractivity contribution in [1.29, 1.82) is 0 Å². The molecule has 21 heavy (non-hydrogen) atoms. The molecule has 0 spiro atoms. The first-order valence-corrected chi connectivity index (χ1v) is 6.87. The second kappa shape index (κ2) is 7.55. The molecule has 1 aromatic carbocycles. The third-order valence-electron chi connectivity index (χ3n) is 2.83. The van der Waals surface area contributed by atoms with E-state index in [4.69, 9.17) is 16.3 Å². The van der Waals surface area contributed by atoms with E-state index in [0.717, 1.165) is 0 Å². The lowest BCUT2D eigenvalue weighted by Crippen LogP contribution is -2.08. The zero-order valence-electron chi connectivity index (χ0n) is 11.3. The van der Waals surface area contributed by atoms with Gasteiger partial charge in [-0.05, 0) is 36.4 Å². The van der Waals surface area contributed by atoms with Gasteiger partial charge in [0.2, 0.25) is 0 Å². The van der Waals surface area contributed by atoms with Gasteiger partial charge in [-0.2, -0.15) is 0 Å². The molecular formula is C16H14ClNO3. The molecule has 1 aromatic heterocycles. The highest BCUT2D eigenvalue weighted by Crippen LogP contribution is 2.12. The summed E-state index contributed by atoms with van der Waals surface area (Å²) in [6.45, 7) is 0.120. The number of nitrogens with zero attached hydrogens (tertiary/aromatic N) is 1. The molecule has 0 aliphatic rings. The number of hydrogen-bond donors (Lipinski definition) is 0. The summed E-state index contributed by atoms with van der Waals surface area (Å²) in [5.74, 6) is -0.524. The highest BCUT2D eigenvalue weighted by molar-refractivity contribution is 6.30. The summed E-state index contributed by atoms with van der Waals surface area (Å²) in [5, 5.41) is 0.571. The fourth-order valence-corrected chi connectivity index (χ4v) is 1.83. The minimum atomic E-state index is -0.414. The number of carbonyl (C=O) groups is 2. The highest BCUT2D eigenvalue weighted by Gasteiger charge is 2.10. The molecule has 1 heterocycles. The van der Waals surface area contributed by atoms with E-state index in [1.54, 1.807) is 42.6 Å². The highest BCUT2D eigenvalue weighted by atomic mass is 35.5. The van der Waals surface area contributed by atoms with Crippen molar-refractivity contribution in [3.63, 3.8) is 0 Å². The van der Waals surface area contributed by atoms with Crippen LogP contribution in [0.5, 0.6) is 0 Å². The van der Waals surface area contributed by atoms with Crippen LogP contribution in [-0.4, -0.2) is 16.7 Å². The first kappa shape index (κ1) is 15.2. The van der Waals surface area contributed by atoms with Gasteiger partial charge in [-0.1, -0.05) is 17.7 Å². The molecule has 0 aliphatic carbocycles. The van der Waals surface area contributed by atoms with Gasteiger partial charge < -0.3 is 4.74 Å². The van der Waals surface area contributed by atoms with E-state index in [1.807, 2.05) is 6.07 Å². The first-order chi connectivity index (χ1) is 10.1. The van der Waals surface area contributed by atoms with Crippen molar-refractivity contribution in [1.82, 2.24) is 4.98 Å². The Balaban J connectivity index is 1.76. The van der Waals surface area contributed by atoms with Crippen molar-refractivity contribution >= 4 is 23.4 Å². The molecule has 0 unspecified atom stereocenters. The Kier molecular flexibility index (Phi) is 5.46. The second-order valence-electron chi connectivity index (χ2n) is 4.41. The van der Waals surface area contributed by atoms with Crippen LogP contribution in [0.4, 0.5) is 0 Å². The molecule has 4 nitrogen and oxygen atoms in total. The Morgan fingerprint density at radius 1 is 1.05 bits per heavy atom. The summed E-state index contributed by atoms with van der Waals surface area (Å²) in [6, 6.07) is 12.0. The number of ketones is 1. The molecule has 0 aliphatic heterocycles. The summed E-state index contributed by atoms with van der Waals surface area (Å²) in [7, 11) is 0. The summed E-state index contributed by atoms with van der Waals surface area (Å²) in [4.78, 5) is 27.5. The maximum absolute atomic E-state index is 11.9. The molecule has 0 saturated carbocycles. The van der Waals surface area contributed by atoms with Crippen molar-refractivity contribution < 1.29 is 14.3 Å². The van der Waals surface area contributed by atoms with Crippen LogP contribution >= 0.6 is 11.6 Å². The van der Waals surface area contributed by atoms with Crippen molar-refractivity contribution in [2.45, 2.75) is 19.4 Å². The third-order valence-corrected chi connectivity index (χ3v) is 3.08. The smallest absolute Gasteiger partial charge is 0.306 e. The van der Waals surface area contributed by atoms with Gasteiger partial charge in [0.15, 0.2) is 5.78 Å². The van der Waals surface area contributed by atoms with Crippen molar-refractivity contribution in [2.75, 3.05) is 0 Å².